The van der Waals surface area contributed by atoms with Gasteiger partial charge in [-0.25, -0.2) is 9.67 Å². The van der Waals surface area contributed by atoms with Gasteiger partial charge in [-0.15, -0.1) is 0 Å². The van der Waals surface area contributed by atoms with Crippen molar-refractivity contribution in [2.24, 2.45) is 0 Å². The fourth-order valence-electron chi connectivity index (χ4n) is 1.70. The van der Waals surface area contributed by atoms with E-state index in [1.54, 1.807) is 4.68 Å². The quantitative estimate of drug-likeness (QED) is 0.895. The first-order valence-electron chi connectivity index (χ1n) is 6.02. The lowest BCUT2D eigenvalue weighted by molar-refractivity contribution is 0.102. The summed E-state index contributed by atoms with van der Waals surface area (Å²) in [4.78, 5) is 19.9. The minimum absolute atomic E-state index is 0.209. The molecule has 0 saturated carbocycles. The van der Waals surface area contributed by atoms with Crippen LogP contribution in [0, 0.1) is 6.92 Å². The fourth-order valence-corrected chi connectivity index (χ4v) is 1.70. The van der Waals surface area contributed by atoms with E-state index >= 15 is 0 Å². The molecule has 0 atom stereocenters. The van der Waals surface area contributed by atoms with Gasteiger partial charge >= 0.3 is 0 Å². The smallest absolute Gasteiger partial charge is 0.277 e. The molecular formula is C13H17N5O. The molecule has 2 heterocycles. The summed E-state index contributed by atoms with van der Waals surface area (Å²) in [7, 11) is 0. The molecule has 0 unspecified atom stereocenters. The standard InChI is InChI=1S/C13H17N5O/c1-9-7-11(18(17-9)13(2,3)4)16-12(19)10-8-14-5-6-15-10/h5-8H,1-4H3,(H,16,19). The highest BCUT2D eigenvalue weighted by Gasteiger charge is 2.20. The molecule has 0 bridgehead atoms. The molecule has 0 aliphatic rings. The monoisotopic (exact) mass is 259 g/mol. The van der Waals surface area contributed by atoms with E-state index in [2.05, 4.69) is 20.4 Å². The Morgan fingerprint density at radius 2 is 2.05 bits per heavy atom. The van der Waals surface area contributed by atoms with Crippen LogP contribution >= 0.6 is 0 Å². The second-order valence-corrected chi connectivity index (χ2v) is 5.30. The van der Waals surface area contributed by atoms with Crippen LogP contribution < -0.4 is 5.32 Å². The van der Waals surface area contributed by atoms with E-state index in [0.717, 1.165) is 5.69 Å². The van der Waals surface area contributed by atoms with E-state index in [4.69, 9.17) is 0 Å². The number of rotatable bonds is 2. The molecule has 6 nitrogen and oxygen atoms in total. The van der Waals surface area contributed by atoms with Crippen LogP contribution in [-0.4, -0.2) is 25.7 Å². The molecule has 100 valence electrons. The van der Waals surface area contributed by atoms with E-state index in [9.17, 15) is 4.79 Å². The number of nitrogens with zero attached hydrogens (tertiary/aromatic N) is 4. The molecule has 1 amide bonds. The van der Waals surface area contributed by atoms with Crippen molar-refractivity contribution >= 4 is 11.7 Å². The molecule has 6 heteroatoms. The summed E-state index contributed by atoms with van der Waals surface area (Å²) in [5.41, 5.74) is 0.922. The van der Waals surface area contributed by atoms with Gasteiger partial charge in [0.1, 0.15) is 11.5 Å². The van der Waals surface area contributed by atoms with Crippen LogP contribution in [-0.2, 0) is 5.54 Å². The Labute approximate surface area is 111 Å². The summed E-state index contributed by atoms with van der Waals surface area (Å²) in [6.07, 6.45) is 4.45. The van der Waals surface area contributed by atoms with Crippen LogP contribution in [0.25, 0.3) is 0 Å². The largest absolute Gasteiger partial charge is 0.305 e. The maximum absolute atomic E-state index is 12.0. The SMILES string of the molecule is Cc1cc(NC(=O)c2cnccn2)n(C(C)(C)C)n1. The number of hydrogen-bond acceptors (Lipinski definition) is 4. The number of aromatic nitrogens is 4. The number of nitrogens with one attached hydrogen (secondary N) is 1. The van der Waals surface area contributed by atoms with E-state index in [0.29, 0.717) is 5.82 Å². The molecule has 0 radical (unpaired) electrons. The maximum atomic E-state index is 12.0. The first-order chi connectivity index (χ1) is 8.88. The Morgan fingerprint density at radius 1 is 1.32 bits per heavy atom. The zero-order valence-corrected chi connectivity index (χ0v) is 11.5. The van der Waals surface area contributed by atoms with E-state index in [1.807, 2.05) is 33.8 Å². The van der Waals surface area contributed by atoms with E-state index < -0.39 is 0 Å². The van der Waals surface area contributed by atoms with Crippen LogP contribution in [0.15, 0.2) is 24.7 Å². The van der Waals surface area contributed by atoms with Crippen molar-refractivity contribution in [1.82, 2.24) is 19.7 Å². The van der Waals surface area contributed by atoms with Crippen molar-refractivity contribution in [1.29, 1.82) is 0 Å². The molecule has 0 fully saturated rings. The first kappa shape index (κ1) is 13.2. The molecule has 0 saturated heterocycles. The number of aryl methyl sites for hydroxylation is 1. The van der Waals surface area contributed by atoms with Crippen LogP contribution in [0.5, 0.6) is 0 Å². The Kier molecular flexibility index (Phi) is 3.33. The summed E-state index contributed by atoms with van der Waals surface area (Å²) in [5.74, 6) is 0.360. The average Bonchev–Trinajstić information content (AvgIpc) is 2.71. The van der Waals surface area contributed by atoms with Gasteiger partial charge in [0.05, 0.1) is 17.4 Å². The molecule has 2 rings (SSSR count). The molecule has 0 aromatic carbocycles. The highest BCUT2D eigenvalue weighted by Crippen LogP contribution is 2.21. The van der Waals surface area contributed by atoms with Crippen LogP contribution in [0.4, 0.5) is 5.82 Å². The molecule has 1 N–H and O–H groups in total. The van der Waals surface area contributed by atoms with Gasteiger partial charge in [0.15, 0.2) is 0 Å². The van der Waals surface area contributed by atoms with E-state index in [1.165, 1.54) is 18.6 Å². The van der Waals surface area contributed by atoms with Gasteiger partial charge in [0, 0.05) is 18.5 Å². The average molecular weight is 259 g/mol. The van der Waals surface area contributed by atoms with Gasteiger partial charge in [-0.05, 0) is 27.7 Å². The Morgan fingerprint density at radius 3 is 2.63 bits per heavy atom. The van der Waals surface area contributed by atoms with Gasteiger partial charge in [0.2, 0.25) is 0 Å². The first-order valence-corrected chi connectivity index (χ1v) is 6.02. The Hall–Kier alpha value is -2.24. The van der Waals surface area contributed by atoms with Crippen LogP contribution in [0.1, 0.15) is 37.0 Å². The predicted octanol–water partition coefficient (Wildman–Crippen LogP) is 1.99. The molecule has 2 aromatic heterocycles. The Balaban J connectivity index is 2.27. The fraction of sp³-hybridized carbons (Fsp3) is 0.385. The summed E-state index contributed by atoms with van der Waals surface area (Å²) in [5, 5.41) is 7.21. The van der Waals surface area contributed by atoms with Gasteiger partial charge in [-0.1, -0.05) is 0 Å². The van der Waals surface area contributed by atoms with Crippen molar-refractivity contribution in [3.05, 3.63) is 36.0 Å². The predicted molar refractivity (Wildman–Crippen MR) is 71.9 cm³/mol. The number of carbonyl (C=O) groups is 1. The van der Waals surface area contributed by atoms with Crippen molar-refractivity contribution in [2.45, 2.75) is 33.2 Å². The molecular weight excluding hydrogens is 242 g/mol. The third-order valence-corrected chi connectivity index (χ3v) is 2.50. The second-order valence-electron chi connectivity index (χ2n) is 5.30. The highest BCUT2D eigenvalue weighted by molar-refractivity contribution is 6.02. The van der Waals surface area contributed by atoms with Crippen molar-refractivity contribution < 1.29 is 4.79 Å². The van der Waals surface area contributed by atoms with E-state index in [-0.39, 0.29) is 17.1 Å². The number of amides is 1. The molecule has 0 aliphatic heterocycles. The summed E-state index contributed by atoms with van der Waals surface area (Å²) >= 11 is 0. The lowest BCUT2D eigenvalue weighted by Crippen LogP contribution is -2.27. The van der Waals surface area contributed by atoms with Gasteiger partial charge in [-0.2, -0.15) is 5.10 Å². The maximum Gasteiger partial charge on any atom is 0.277 e. The summed E-state index contributed by atoms with van der Waals surface area (Å²) in [6.45, 7) is 7.96. The van der Waals surface area contributed by atoms with Crippen molar-refractivity contribution in [3.63, 3.8) is 0 Å². The normalized spacial score (nSPS) is 11.4. The lowest BCUT2D eigenvalue weighted by atomic mass is 10.1. The van der Waals surface area contributed by atoms with Gasteiger partial charge < -0.3 is 5.32 Å². The summed E-state index contributed by atoms with van der Waals surface area (Å²) < 4.78 is 1.79. The number of carbonyl (C=O) groups excluding carboxylic acids is 1. The molecule has 19 heavy (non-hydrogen) atoms. The number of anilines is 1. The minimum Gasteiger partial charge on any atom is -0.305 e. The van der Waals surface area contributed by atoms with Crippen molar-refractivity contribution in [3.8, 4) is 0 Å². The summed E-state index contributed by atoms with van der Waals surface area (Å²) in [6, 6.07) is 1.83. The highest BCUT2D eigenvalue weighted by atomic mass is 16.2. The lowest BCUT2D eigenvalue weighted by Gasteiger charge is -2.22. The van der Waals surface area contributed by atoms with Crippen LogP contribution in [0.2, 0.25) is 0 Å². The molecule has 0 aliphatic carbocycles. The second kappa shape index (κ2) is 4.79. The third kappa shape index (κ3) is 2.96. The Bertz CT molecular complexity index is 583. The number of hydrogen-bond donors (Lipinski definition) is 1. The zero-order valence-electron chi connectivity index (χ0n) is 11.5. The zero-order chi connectivity index (χ0) is 14.0. The van der Waals surface area contributed by atoms with Gasteiger partial charge in [-0.3, -0.25) is 9.78 Å². The molecule has 2 aromatic rings. The molecule has 0 spiro atoms. The minimum atomic E-state index is -0.293. The third-order valence-electron chi connectivity index (χ3n) is 2.50. The topological polar surface area (TPSA) is 72.7 Å². The van der Waals surface area contributed by atoms with Crippen molar-refractivity contribution in [2.75, 3.05) is 5.32 Å². The van der Waals surface area contributed by atoms with Gasteiger partial charge in [0.25, 0.3) is 5.91 Å². The van der Waals surface area contributed by atoms with Crippen LogP contribution in [0.3, 0.4) is 0 Å².